The van der Waals surface area contributed by atoms with Crippen LogP contribution in [0.2, 0.25) is 0 Å². The van der Waals surface area contributed by atoms with Crippen molar-refractivity contribution in [3.8, 4) is 6.07 Å². The van der Waals surface area contributed by atoms with Crippen molar-refractivity contribution in [2.24, 2.45) is 0 Å². The van der Waals surface area contributed by atoms with Crippen LogP contribution in [0.4, 0.5) is 0 Å². The molecule has 0 amide bonds. The van der Waals surface area contributed by atoms with E-state index in [4.69, 9.17) is 5.26 Å². The molecule has 0 heterocycles. The molecule has 0 fully saturated rings. The Hall–Kier alpha value is -2.01. The second kappa shape index (κ2) is 8.15. The Labute approximate surface area is 122 Å². The van der Waals surface area contributed by atoms with Crippen LogP contribution in [0.3, 0.4) is 0 Å². The average molecular weight is 253 g/mol. The summed E-state index contributed by atoms with van der Waals surface area (Å²) in [4.78, 5) is 22.3. The van der Waals surface area contributed by atoms with Gasteiger partial charge in [0.25, 0.3) is 5.78 Å². The zero-order chi connectivity index (χ0) is 13.5. The molecule has 0 saturated heterocycles. The summed E-state index contributed by atoms with van der Waals surface area (Å²) in [5.41, 5.74) is 0.628. The second-order valence-corrected chi connectivity index (χ2v) is 3.31. The molecule has 0 saturated carbocycles. The molecule has 0 spiro atoms. The van der Waals surface area contributed by atoms with E-state index in [1.165, 1.54) is 12.1 Å². The third kappa shape index (κ3) is 5.01. The summed E-state index contributed by atoms with van der Waals surface area (Å²) in [5.74, 6) is -2.36. The Morgan fingerprint density at radius 1 is 1.47 bits per heavy atom. The fraction of sp³-hybridized carbons (Fsp3) is 0.154. The number of hydrogen-bond acceptors (Lipinski definition) is 5. The van der Waals surface area contributed by atoms with Gasteiger partial charge >= 0.3 is 24.8 Å². The van der Waals surface area contributed by atoms with Gasteiger partial charge in [0, 0.05) is 11.6 Å². The number of carbonyl (C=O) groups is 2. The third-order valence-corrected chi connectivity index (χ3v) is 2.03. The Kier molecular flexibility index (Phi) is 7.29. The molecule has 0 aliphatic carbocycles. The van der Waals surface area contributed by atoms with Crippen molar-refractivity contribution in [2.45, 2.75) is 6.92 Å². The molecule has 5 nitrogen and oxygen atoms in total. The van der Waals surface area contributed by atoms with Gasteiger partial charge < -0.3 is 9.84 Å². The van der Waals surface area contributed by atoms with Crippen LogP contribution in [-0.4, -0.2) is 42.3 Å². The first kappa shape index (κ1) is 17.0. The van der Waals surface area contributed by atoms with E-state index >= 15 is 0 Å². The van der Waals surface area contributed by atoms with E-state index in [2.05, 4.69) is 4.74 Å². The minimum atomic E-state index is -1.03. The van der Waals surface area contributed by atoms with Crippen molar-refractivity contribution < 1.29 is 19.4 Å². The molecule has 94 valence electrons. The van der Waals surface area contributed by atoms with E-state index in [9.17, 15) is 14.7 Å². The van der Waals surface area contributed by atoms with E-state index in [0.717, 1.165) is 6.08 Å². The molecule has 1 aromatic carbocycles. The van der Waals surface area contributed by atoms with Crippen molar-refractivity contribution in [3.63, 3.8) is 0 Å². The summed E-state index contributed by atoms with van der Waals surface area (Å²) >= 11 is 0. The summed E-state index contributed by atoms with van der Waals surface area (Å²) in [6.07, 6.45) is 0.772. The van der Waals surface area contributed by atoms with Crippen LogP contribution in [-0.2, 0) is 14.3 Å². The quantitative estimate of drug-likeness (QED) is 0.283. The molecule has 0 aliphatic heterocycles. The number of benzene rings is 1. The number of aliphatic hydroxyl groups excluding tert-OH is 1. The molecule has 6 heteroatoms. The van der Waals surface area contributed by atoms with E-state index in [1.807, 2.05) is 6.07 Å². The van der Waals surface area contributed by atoms with Gasteiger partial charge in [0.15, 0.2) is 0 Å². The van der Waals surface area contributed by atoms with Crippen molar-refractivity contribution in [1.29, 1.82) is 5.26 Å². The maximum atomic E-state index is 11.3. The summed E-state index contributed by atoms with van der Waals surface area (Å²) in [7, 11) is 0. The topological polar surface area (TPSA) is 87.4 Å². The van der Waals surface area contributed by atoms with Gasteiger partial charge in [-0.3, -0.25) is 4.79 Å². The summed E-state index contributed by atoms with van der Waals surface area (Å²) in [5, 5.41) is 18.3. The van der Waals surface area contributed by atoms with Crippen molar-refractivity contribution in [3.05, 3.63) is 41.5 Å². The van der Waals surface area contributed by atoms with Crippen molar-refractivity contribution in [1.82, 2.24) is 0 Å². The number of nitriles is 1. The number of carbonyl (C=O) groups excluding carboxylic acids is 2. The molecule has 0 aromatic heterocycles. The molecular weight excluding hydrogens is 241 g/mol. The van der Waals surface area contributed by atoms with Gasteiger partial charge in [-0.05, 0) is 19.1 Å². The van der Waals surface area contributed by atoms with Gasteiger partial charge in [-0.15, -0.1) is 0 Å². The van der Waals surface area contributed by atoms with E-state index < -0.39 is 11.8 Å². The number of hydrogen-bond donors (Lipinski definition) is 1. The molecular formula is C13H12LiNO4. The predicted molar refractivity (Wildman–Crippen MR) is 70.6 cm³/mol. The Morgan fingerprint density at radius 3 is 2.74 bits per heavy atom. The number of esters is 1. The van der Waals surface area contributed by atoms with Crippen LogP contribution in [0.5, 0.6) is 0 Å². The Morgan fingerprint density at radius 2 is 2.16 bits per heavy atom. The fourth-order valence-electron chi connectivity index (χ4n) is 1.22. The first-order valence-electron chi connectivity index (χ1n) is 5.20. The van der Waals surface area contributed by atoms with E-state index in [0.29, 0.717) is 5.56 Å². The van der Waals surface area contributed by atoms with Gasteiger partial charge in [-0.25, -0.2) is 4.79 Å². The Bertz CT molecular complexity index is 546. The maximum absolute atomic E-state index is 11.3. The number of ketones is 1. The van der Waals surface area contributed by atoms with Gasteiger partial charge in [0.1, 0.15) is 5.76 Å². The molecule has 1 rings (SSSR count). The zero-order valence-electron chi connectivity index (χ0n) is 9.71. The van der Waals surface area contributed by atoms with Crippen LogP contribution in [0.1, 0.15) is 18.1 Å². The summed E-state index contributed by atoms with van der Waals surface area (Å²) in [6, 6.07) is 7.95. The van der Waals surface area contributed by atoms with Crippen LogP contribution in [0.15, 0.2) is 30.3 Å². The molecule has 1 aromatic rings. The minimum absolute atomic E-state index is 0. The van der Waals surface area contributed by atoms with Crippen LogP contribution >= 0.6 is 0 Å². The molecule has 0 atom stereocenters. The first-order valence-corrected chi connectivity index (χ1v) is 5.20. The number of rotatable bonds is 4. The van der Waals surface area contributed by atoms with Crippen LogP contribution in [0.25, 0.3) is 5.76 Å². The van der Waals surface area contributed by atoms with Crippen molar-refractivity contribution >= 4 is 36.4 Å². The summed E-state index contributed by atoms with van der Waals surface area (Å²) < 4.78 is 4.49. The predicted octanol–water partition coefficient (Wildman–Crippen LogP) is 0.941. The fourth-order valence-corrected chi connectivity index (χ4v) is 1.22. The zero-order valence-corrected chi connectivity index (χ0v) is 9.71. The molecule has 0 unspecified atom stereocenters. The number of aliphatic hydroxyl groups is 1. The summed E-state index contributed by atoms with van der Waals surface area (Å²) in [6.45, 7) is 1.66. The average Bonchev–Trinajstić information content (AvgIpc) is 2.39. The van der Waals surface area contributed by atoms with Gasteiger partial charge in [-0.1, -0.05) is 12.1 Å². The van der Waals surface area contributed by atoms with Crippen LogP contribution in [0, 0.1) is 11.3 Å². The van der Waals surface area contributed by atoms with Crippen molar-refractivity contribution in [2.75, 3.05) is 6.61 Å². The SMILES string of the molecule is CCOC(=O)C(=O)C=C(O)c1cccc(C#N)c1.[LiH]. The van der Waals surface area contributed by atoms with Gasteiger partial charge in [0.05, 0.1) is 18.2 Å². The first-order chi connectivity index (χ1) is 8.58. The van der Waals surface area contributed by atoms with Crippen LogP contribution < -0.4 is 0 Å². The molecule has 0 aliphatic rings. The number of nitrogens with zero attached hydrogens (tertiary/aromatic N) is 1. The van der Waals surface area contributed by atoms with E-state index in [-0.39, 0.29) is 36.8 Å². The second-order valence-electron chi connectivity index (χ2n) is 3.31. The molecule has 1 N–H and O–H groups in total. The molecule has 0 bridgehead atoms. The molecule has 19 heavy (non-hydrogen) atoms. The van der Waals surface area contributed by atoms with E-state index in [1.54, 1.807) is 19.1 Å². The van der Waals surface area contributed by atoms with Gasteiger partial charge in [-0.2, -0.15) is 5.26 Å². The van der Waals surface area contributed by atoms with Gasteiger partial charge in [0.2, 0.25) is 0 Å². The third-order valence-electron chi connectivity index (χ3n) is 2.03. The monoisotopic (exact) mass is 253 g/mol. The number of ether oxygens (including phenoxy) is 1. The normalized spacial score (nSPS) is 10.0. The molecule has 0 radical (unpaired) electrons. The standard InChI is InChI=1S/C13H11NO4.Li.H/c1-2-18-13(17)12(16)7-11(15)10-5-3-4-9(6-10)8-14;;/h3-7,15H,2H2,1H3;;. The Balaban J connectivity index is 0.00000324.